The van der Waals surface area contributed by atoms with Crippen molar-refractivity contribution in [3.05, 3.63) is 41.7 Å². The van der Waals surface area contributed by atoms with Crippen LogP contribution in [0.3, 0.4) is 0 Å². The van der Waals surface area contributed by atoms with Crippen LogP contribution in [0.1, 0.15) is 11.3 Å². The number of benzene rings is 1. The number of aryl methyl sites for hydroxylation is 1. The van der Waals surface area contributed by atoms with Gasteiger partial charge in [0.15, 0.2) is 0 Å². The third-order valence-electron chi connectivity index (χ3n) is 2.27. The number of hydrogen-bond donors (Lipinski definition) is 0. The van der Waals surface area contributed by atoms with Gasteiger partial charge >= 0.3 is 6.18 Å². The highest BCUT2D eigenvalue weighted by Crippen LogP contribution is 2.29. The standard InChI is InChI=1S/C11H8F3N/c1-7-3-2-4-8-5-10(11(12,13)14)15-6-9(7)8/h2-6H,1H3. The fourth-order valence-electron chi connectivity index (χ4n) is 1.48. The third-order valence-corrected chi connectivity index (χ3v) is 2.27. The predicted octanol–water partition coefficient (Wildman–Crippen LogP) is 3.56. The van der Waals surface area contributed by atoms with Crippen LogP contribution in [0, 0.1) is 6.92 Å². The summed E-state index contributed by atoms with van der Waals surface area (Å²) in [7, 11) is 0. The van der Waals surface area contributed by atoms with Gasteiger partial charge in [-0.25, -0.2) is 0 Å². The highest BCUT2D eigenvalue weighted by molar-refractivity contribution is 5.85. The van der Waals surface area contributed by atoms with E-state index in [0.717, 1.165) is 17.0 Å². The summed E-state index contributed by atoms with van der Waals surface area (Å²) >= 11 is 0. The molecule has 0 spiro atoms. The minimum absolute atomic E-state index is 0.567. The van der Waals surface area contributed by atoms with Gasteiger partial charge in [0.05, 0.1) is 0 Å². The van der Waals surface area contributed by atoms with Gasteiger partial charge in [0, 0.05) is 11.6 Å². The lowest BCUT2D eigenvalue weighted by atomic mass is 10.1. The van der Waals surface area contributed by atoms with Gasteiger partial charge in [-0.05, 0) is 23.9 Å². The second-order valence-electron chi connectivity index (χ2n) is 3.36. The first kappa shape index (κ1) is 9.96. The summed E-state index contributed by atoms with van der Waals surface area (Å²) in [5.41, 5.74) is 0.0781. The first-order valence-electron chi connectivity index (χ1n) is 4.41. The second-order valence-corrected chi connectivity index (χ2v) is 3.36. The molecule has 0 bridgehead atoms. The van der Waals surface area contributed by atoms with Crippen LogP contribution < -0.4 is 0 Å². The first-order chi connectivity index (χ1) is 6.98. The largest absolute Gasteiger partial charge is 0.433 e. The molecule has 0 aliphatic rings. The maximum Gasteiger partial charge on any atom is 0.433 e. The molecule has 0 saturated carbocycles. The Kier molecular flexibility index (Phi) is 2.14. The molecule has 1 heterocycles. The van der Waals surface area contributed by atoms with E-state index in [4.69, 9.17) is 0 Å². The Morgan fingerprint density at radius 3 is 2.60 bits per heavy atom. The van der Waals surface area contributed by atoms with Crippen LogP contribution in [0.15, 0.2) is 30.5 Å². The maximum atomic E-state index is 12.4. The molecule has 1 nitrogen and oxygen atoms in total. The fraction of sp³-hybridized carbons (Fsp3) is 0.182. The average Bonchev–Trinajstić information content (AvgIpc) is 2.16. The molecule has 0 saturated heterocycles. The molecule has 0 aliphatic carbocycles. The summed E-state index contributed by atoms with van der Waals surface area (Å²) in [4.78, 5) is 3.41. The monoisotopic (exact) mass is 211 g/mol. The van der Waals surface area contributed by atoms with Gasteiger partial charge in [-0.15, -0.1) is 0 Å². The number of alkyl halides is 3. The molecule has 0 fully saturated rings. The van der Waals surface area contributed by atoms with Crippen LogP contribution in [0.5, 0.6) is 0 Å². The minimum atomic E-state index is -4.38. The highest BCUT2D eigenvalue weighted by Gasteiger charge is 2.32. The number of hydrogen-bond acceptors (Lipinski definition) is 1. The fourth-order valence-corrected chi connectivity index (χ4v) is 1.48. The number of pyridine rings is 1. The van der Waals surface area contributed by atoms with Crippen LogP contribution in [0.2, 0.25) is 0 Å². The molecule has 0 atom stereocenters. The molecule has 0 aliphatic heterocycles. The van der Waals surface area contributed by atoms with Crippen molar-refractivity contribution in [1.29, 1.82) is 0 Å². The van der Waals surface area contributed by atoms with E-state index >= 15 is 0 Å². The zero-order valence-corrected chi connectivity index (χ0v) is 7.97. The molecule has 0 N–H and O–H groups in total. The van der Waals surface area contributed by atoms with E-state index in [1.54, 1.807) is 12.1 Å². The lowest BCUT2D eigenvalue weighted by Crippen LogP contribution is -2.07. The van der Waals surface area contributed by atoms with E-state index in [9.17, 15) is 13.2 Å². The number of fused-ring (bicyclic) bond motifs is 1. The Bertz CT molecular complexity index is 503. The maximum absolute atomic E-state index is 12.4. The van der Waals surface area contributed by atoms with Gasteiger partial charge in [0.2, 0.25) is 0 Å². The van der Waals surface area contributed by atoms with E-state index in [1.165, 1.54) is 6.20 Å². The van der Waals surface area contributed by atoms with E-state index < -0.39 is 11.9 Å². The topological polar surface area (TPSA) is 12.9 Å². The summed E-state index contributed by atoms with van der Waals surface area (Å²) in [6.07, 6.45) is -3.11. The summed E-state index contributed by atoms with van der Waals surface area (Å²) < 4.78 is 37.1. The Morgan fingerprint density at radius 1 is 1.20 bits per heavy atom. The molecule has 4 heteroatoms. The minimum Gasteiger partial charge on any atom is -0.251 e. The van der Waals surface area contributed by atoms with Crippen molar-refractivity contribution >= 4 is 10.8 Å². The smallest absolute Gasteiger partial charge is 0.251 e. The van der Waals surface area contributed by atoms with Gasteiger partial charge in [0.1, 0.15) is 5.69 Å². The number of nitrogens with zero attached hydrogens (tertiary/aromatic N) is 1. The number of rotatable bonds is 0. The van der Waals surface area contributed by atoms with Gasteiger partial charge in [0.25, 0.3) is 0 Å². The molecular formula is C11H8F3N. The Hall–Kier alpha value is -1.58. The van der Waals surface area contributed by atoms with Crippen LogP contribution >= 0.6 is 0 Å². The second kappa shape index (κ2) is 3.22. The zero-order chi connectivity index (χ0) is 11.1. The van der Waals surface area contributed by atoms with Gasteiger partial charge < -0.3 is 0 Å². The average molecular weight is 211 g/mol. The molecule has 1 aromatic carbocycles. The predicted molar refractivity (Wildman–Crippen MR) is 51.5 cm³/mol. The lowest BCUT2D eigenvalue weighted by Gasteiger charge is -2.07. The van der Waals surface area contributed by atoms with Crippen LogP contribution in [-0.4, -0.2) is 4.98 Å². The normalized spacial score (nSPS) is 12.0. The number of aromatic nitrogens is 1. The summed E-state index contributed by atoms with van der Waals surface area (Å²) in [6, 6.07) is 6.30. The molecule has 2 rings (SSSR count). The van der Waals surface area contributed by atoms with Gasteiger partial charge in [-0.1, -0.05) is 18.2 Å². The van der Waals surface area contributed by atoms with E-state index in [1.807, 2.05) is 13.0 Å². The van der Waals surface area contributed by atoms with Crippen molar-refractivity contribution in [2.75, 3.05) is 0 Å². The molecule has 1 aromatic heterocycles. The highest BCUT2D eigenvalue weighted by atomic mass is 19.4. The third kappa shape index (κ3) is 1.79. The molecular weight excluding hydrogens is 203 g/mol. The molecule has 0 unspecified atom stereocenters. The van der Waals surface area contributed by atoms with Crippen LogP contribution in [0.25, 0.3) is 10.8 Å². The summed E-state index contributed by atoms with van der Waals surface area (Å²) in [6.45, 7) is 1.84. The SMILES string of the molecule is Cc1cccc2cc(C(F)(F)F)ncc12. The van der Waals surface area contributed by atoms with Gasteiger partial charge in [-0.2, -0.15) is 13.2 Å². The molecule has 78 valence electrons. The van der Waals surface area contributed by atoms with Crippen molar-refractivity contribution in [3.63, 3.8) is 0 Å². The van der Waals surface area contributed by atoms with E-state index in [2.05, 4.69) is 4.98 Å². The molecule has 2 aromatic rings. The van der Waals surface area contributed by atoms with Gasteiger partial charge in [-0.3, -0.25) is 4.98 Å². The summed E-state index contributed by atoms with van der Waals surface area (Å²) in [5, 5.41) is 1.32. The molecule has 0 radical (unpaired) electrons. The van der Waals surface area contributed by atoms with Crippen LogP contribution in [-0.2, 0) is 6.18 Å². The summed E-state index contributed by atoms with van der Waals surface area (Å²) in [5.74, 6) is 0. The van der Waals surface area contributed by atoms with E-state index in [0.29, 0.717) is 5.39 Å². The number of halogens is 3. The first-order valence-corrected chi connectivity index (χ1v) is 4.41. The van der Waals surface area contributed by atoms with Crippen molar-refractivity contribution < 1.29 is 13.2 Å². The zero-order valence-electron chi connectivity index (χ0n) is 7.97. The lowest BCUT2D eigenvalue weighted by molar-refractivity contribution is -0.141. The van der Waals surface area contributed by atoms with Crippen LogP contribution in [0.4, 0.5) is 13.2 Å². The van der Waals surface area contributed by atoms with Crippen molar-refractivity contribution in [1.82, 2.24) is 4.98 Å². The Morgan fingerprint density at radius 2 is 1.93 bits per heavy atom. The Labute approximate surface area is 84.6 Å². The Balaban J connectivity index is 2.68. The molecule has 0 amide bonds. The quantitative estimate of drug-likeness (QED) is 0.649. The van der Waals surface area contributed by atoms with Crippen molar-refractivity contribution in [2.45, 2.75) is 13.1 Å². The molecule has 15 heavy (non-hydrogen) atoms. The van der Waals surface area contributed by atoms with E-state index in [-0.39, 0.29) is 0 Å². The van der Waals surface area contributed by atoms with Crippen molar-refractivity contribution in [2.24, 2.45) is 0 Å². The van der Waals surface area contributed by atoms with Crippen molar-refractivity contribution in [3.8, 4) is 0 Å².